The fraction of sp³-hybridized carbons (Fsp3) is 0.939. The van der Waals surface area contributed by atoms with Crippen LogP contribution >= 0.6 is 0 Å². The van der Waals surface area contributed by atoms with Crippen LogP contribution in [0.25, 0.3) is 0 Å². The molecule has 3 saturated heterocycles. The number of rotatable bonds is 9. The summed E-state index contributed by atoms with van der Waals surface area (Å²) in [7, 11) is 1.10. The van der Waals surface area contributed by atoms with Crippen molar-refractivity contribution < 1.29 is 89.0 Å². The predicted molar refractivity (Wildman–Crippen MR) is 235 cm³/mol. The second-order valence-electron chi connectivity index (χ2n) is 23.8. The largest absolute Gasteiger partial charge is 0.467 e. The lowest BCUT2D eigenvalue weighted by Gasteiger charge is -2.72. The summed E-state index contributed by atoms with van der Waals surface area (Å²) in [5, 5.41) is 110. The number of hydrogen-bond donors (Lipinski definition) is 10. The monoisotopic (exact) mass is 957 g/mol. The van der Waals surface area contributed by atoms with Crippen molar-refractivity contribution in [3.05, 3.63) is 11.6 Å². The molecule has 25 atom stereocenters. The van der Waals surface area contributed by atoms with E-state index in [0.717, 1.165) is 52.1 Å². The molecule has 67 heavy (non-hydrogen) atoms. The highest BCUT2D eigenvalue weighted by molar-refractivity contribution is 5.75. The summed E-state index contributed by atoms with van der Waals surface area (Å²) >= 11 is 0. The van der Waals surface area contributed by atoms with E-state index in [2.05, 4.69) is 47.6 Å². The van der Waals surface area contributed by atoms with Crippen LogP contribution in [-0.2, 0) is 38.0 Å². The third kappa shape index (κ3) is 8.11. The molecule has 7 fully saturated rings. The first kappa shape index (κ1) is 51.9. The first-order chi connectivity index (χ1) is 31.3. The quantitative estimate of drug-likeness (QED) is 0.0869. The van der Waals surface area contributed by atoms with E-state index in [-0.39, 0.29) is 57.5 Å². The highest BCUT2D eigenvalue weighted by atomic mass is 16.8. The Bertz CT molecular complexity index is 1830. The number of carbonyl (C=O) groups is 1. The third-order valence-corrected chi connectivity index (χ3v) is 19.7. The zero-order chi connectivity index (χ0) is 49.1. The van der Waals surface area contributed by atoms with Crippen LogP contribution in [-0.4, -0.2) is 182 Å². The van der Waals surface area contributed by atoms with Gasteiger partial charge in [-0.05, 0) is 104 Å². The van der Waals surface area contributed by atoms with E-state index in [9.17, 15) is 55.9 Å². The highest BCUT2D eigenvalue weighted by Gasteiger charge is 2.70. The first-order valence-electron chi connectivity index (χ1n) is 24.6. The molecule has 0 bridgehead atoms. The van der Waals surface area contributed by atoms with Crippen LogP contribution in [0.2, 0.25) is 0 Å². The minimum atomic E-state index is -1.95. The Morgan fingerprint density at radius 2 is 1.31 bits per heavy atom. The van der Waals surface area contributed by atoms with Crippen molar-refractivity contribution in [2.45, 2.75) is 218 Å². The van der Waals surface area contributed by atoms with Gasteiger partial charge in [-0.15, -0.1) is 0 Å². The molecular weight excluding hydrogens is 877 g/mol. The summed E-state index contributed by atoms with van der Waals surface area (Å²) in [5.41, 5.74) is 0.0428. The normalized spacial score (nSPS) is 55.2. The summed E-state index contributed by atoms with van der Waals surface area (Å²) in [6, 6.07) is 0. The van der Waals surface area contributed by atoms with E-state index in [4.69, 9.17) is 33.2 Å². The van der Waals surface area contributed by atoms with E-state index >= 15 is 0 Å². The van der Waals surface area contributed by atoms with Gasteiger partial charge >= 0.3 is 5.97 Å². The molecule has 0 aromatic carbocycles. The smallest absolute Gasteiger partial charge is 0.337 e. The van der Waals surface area contributed by atoms with Gasteiger partial charge in [0.2, 0.25) is 0 Å². The van der Waals surface area contributed by atoms with Gasteiger partial charge in [0.05, 0.1) is 38.6 Å². The van der Waals surface area contributed by atoms with Crippen molar-refractivity contribution in [2.24, 2.45) is 50.2 Å². The van der Waals surface area contributed by atoms with E-state index in [1.165, 1.54) is 12.5 Å². The molecule has 3 heterocycles. The lowest BCUT2D eigenvalue weighted by molar-refractivity contribution is -0.396. The maximum absolute atomic E-state index is 13.1. The topological polar surface area (TPSA) is 284 Å². The second kappa shape index (κ2) is 18.3. The van der Waals surface area contributed by atoms with Crippen LogP contribution < -0.4 is 0 Å². The standard InChI is InChI=1S/C49H80O18/c1-22-30(53)32(55)36(59)41(62-22)66-38-33(56)31(54)25(20-50)63-42(38)67-39-35(58)34(57)37(40(60)61-9)65-43(39)64-29-13-14-46(5)26(47(29,6)21-51)12-15-49(8)27(46)11-10-23-24-18-44(2,3)19-28(52)45(24,4)16-17-48(23,49)7/h10,22,24-39,41-43,50-59H,11-21H2,1-9H3/t22-,24-,25+,26+,27+,28+,29-,30-,31+,32+,33-,34-,35-,36+,37-,38+,39+,41-,42-,43+,45+,46-,47-,48+,49+/m0/s1. The Hall–Kier alpha value is -1.43. The van der Waals surface area contributed by atoms with Crippen LogP contribution in [0.15, 0.2) is 11.6 Å². The molecule has 5 aliphatic carbocycles. The fourth-order valence-corrected chi connectivity index (χ4v) is 15.2. The zero-order valence-corrected chi connectivity index (χ0v) is 40.6. The fourth-order valence-electron chi connectivity index (χ4n) is 15.2. The summed E-state index contributed by atoms with van der Waals surface area (Å²) in [6.07, 6.45) is -16.6. The summed E-state index contributed by atoms with van der Waals surface area (Å²) in [4.78, 5) is 13.1. The highest BCUT2D eigenvalue weighted by Crippen LogP contribution is 2.76. The van der Waals surface area contributed by atoms with Crippen LogP contribution in [0.4, 0.5) is 0 Å². The summed E-state index contributed by atoms with van der Waals surface area (Å²) in [6.45, 7) is 16.5. The predicted octanol–water partition coefficient (Wildman–Crippen LogP) is 0.793. The van der Waals surface area contributed by atoms with Gasteiger partial charge in [-0.1, -0.05) is 60.1 Å². The van der Waals surface area contributed by atoms with Gasteiger partial charge < -0.3 is 84.2 Å². The molecule has 18 heteroatoms. The maximum atomic E-state index is 13.1. The maximum Gasteiger partial charge on any atom is 0.337 e. The van der Waals surface area contributed by atoms with E-state index in [1.54, 1.807) is 0 Å². The minimum Gasteiger partial charge on any atom is -0.467 e. The molecule has 4 saturated carbocycles. The molecule has 0 spiro atoms. The molecular formula is C49H80O18. The van der Waals surface area contributed by atoms with Crippen molar-refractivity contribution in [1.29, 1.82) is 0 Å². The Morgan fingerprint density at radius 3 is 1.96 bits per heavy atom. The first-order valence-corrected chi connectivity index (χ1v) is 24.6. The van der Waals surface area contributed by atoms with E-state index in [1.807, 2.05) is 6.92 Å². The SMILES string of the molecule is COC(=O)[C@H]1O[C@@H](O[C@H]2CC[C@@]3(C)[C@@H](CC[C@]4(C)[C@@H]3CC=C3[C@@H]5CC(C)(C)C[C@@H](O)[C@]5(C)CC[C@]34C)[C@]2(C)CO)[C@H](O[C@@H]2O[C@H](CO)[C@@H](O)[C@H](O)[C@H]2O[C@@H]2O[C@@H](C)[C@H](O)[C@@H](O)[C@H]2O)[C@@H](O)[C@@H]1O. The second-order valence-corrected chi connectivity index (χ2v) is 23.8. The lowest BCUT2D eigenvalue weighted by atomic mass is 9.33. The van der Waals surface area contributed by atoms with Gasteiger partial charge in [-0.25, -0.2) is 4.79 Å². The number of esters is 1. The van der Waals surface area contributed by atoms with Crippen molar-refractivity contribution in [3.63, 3.8) is 0 Å². The summed E-state index contributed by atoms with van der Waals surface area (Å²) in [5.74, 6) is -0.520. The molecule has 3 aliphatic heterocycles. The van der Waals surface area contributed by atoms with Crippen LogP contribution in [0.5, 0.6) is 0 Å². The van der Waals surface area contributed by atoms with Gasteiger partial charge in [0, 0.05) is 10.8 Å². The Kier molecular flexibility index (Phi) is 14.1. The number of aliphatic hydroxyl groups excluding tert-OH is 10. The zero-order valence-electron chi connectivity index (χ0n) is 40.6. The average Bonchev–Trinajstić information content (AvgIpc) is 3.28. The third-order valence-electron chi connectivity index (χ3n) is 19.7. The van der Waals surface area contributed by atoms with Gasteiger partial charge in [0.25, 0.3) is 0 Å². The number of allylic oxidation sites excluding steroid dienone is 2. The van der Waals surface area contributed by atoms with E-state index < -0.39 is 116 Å². The van der Waals surface area contributed by atoms with Crippen molar-refractivity contribution in [3.8, 4) is 0 Å². The number of ether oxygens (including phenoxy) is 7. The molecule has 0 amide bonds. The number of aliphatic hydroxyl groups is 10. The molecule has 0 aromatic heterocycles. The molecule has 0 unspecified atom stereocenters. The lowest BCUT2D eigenvalue weighted by Crippen LogP contribution is -2.68. The molecule has 0 aromatic rings. The number of carbonyl (C=O) groups excluding carboxylic acids is 1. The van der Waals surface area contributed by atoms with Crippen LogP contribution in [0, 0.1) is 50.2 Å². The molecule has 0 radical (unpaired) electrons. The Balaban J connectivity index is 1.08. The molecule has 18 nitrogen and oxygen atoms in total. The van der Waals surface area contributed by atoms with Crippen LogP contribution in [0.1, 0.15) is 113 Å². The van der Waals surface area contributed by atoms with Gasteiger partial charge in [-0.2, -0.15) is 0 Å². The molecule has 8 aliphatic rings. The molecule has 8 rings (SSSR count). The van der Waals surface area contributed by atoms with Crippen molar-refractivity contribution in [1.82, 2.24) is 0 Å². The van der Waals surface area contributed by atoms with E-state index in [0.29, 0.717) is 12.8 Å². The van der Waals surface area contributed by atoms with Crippen molar-refractivity contribution >= 4 is 5.97 Å². The van der Waals surface area contributed by atoms with Gasteiger partial charge in [0.1, 0.15) is 61.0 Å². The Labute approximate surface area is 393 Å². The van der Waals surface area contributed by atoms with Gasteiger partial charge in [0.15, 0.2) is 25.0 Å². The minimum absolute atomic E-state index is 0.0229. The van der Waals surface area contributed by atoms with Crippen LogP contribution in [0.3, 0.4) is 0 Å². The molecule has 10 N–H and O–H groups in total. The molecule has 384 valence electrons. The number of fused-ring (bicyclic) bond motifs is 7. The van der Waals surface area contributed by atoms with Crippen molar-refractivity contribution in [2.75, 3.05) is 20.3 Å². The Morgan fingerprint density at radius 1 is 0.672 bits per heavy atom. The van der Waals surface area contributed by atoms with Gasteiger partial charge in [-0.3, -0.25) is 0 Å². The number of methoxy groups -OCH3 is 1. The number of hydrogen-bond acceptors (Lipinski definition) is 18. The average molecular weight is 957 g/mol. The summed E-state index contributed by atoms with van der Waals surface area (Å²) < 4.78 is 41.6.